The summed E-state index contributed by atoms with van der Waals surface area (Å²) in [6.07, 6.45) is -0.101. The number of hydrogen-bond donors (Lipinski definition) is 0. The van der Waals surface area contributed by atoms with Crippen molar-refractivity contribution in [3.05, 3.63) is 99.2 Å². The van der Waals surface area contributed by atoms with Crippen LogP contribution in [0.2, 0.25) is 5.02 Å². The Morgan fingerprint density at radius 3 is 2.31 bits per heavy atom. The molecule has 6 nitrogen and oxygen atoms in total. The summed E-state index contributed by atoms with van der Waals surface area (Å²) in [5.74, 6) is -0.473. The molecule has 0 atom stereocenters. The Morgan fingerprint density at radius 1 is 0.917 bits per heavy atom. The van der Waals surface area contributed by atoms with Crippen LogP contribution in [0, 0.1) is 20.8 Å². The molecule has 184 valence electrons. The standard InChI is InChI=1S/C29H26ClNO5/c1-17-5-11-23(18(2)13-17)27(32)16-36-28(33)15-24-19(3)31(26-12-10-22(35-4)14-25(24)26)29(34)20-6-8-21(30)9-7-20/h5-14H,15-16H2,1-4H3. The molecule has 0 saturated carbocycles. The molecule has 0 N–H and O–H groups in total. The van der Waals surface area contributed by atoms with Crippen molar-refractivity contribution in [2.45, 2.75) is 27.2 Å². The van der Waals surface area contributed by atoms with Crippen LogP contribution in [0.15, 0.2) is 60.7 Å². The van der Waals surface area contributed by atoms with Crippen LogP contribution in [0.3, 0.4) is 0 Å². The van der Waals surface area contributed by atoms with Gasteiger partial charge in [-0.3, -0.25) is 19.0 Å². The smallest absolute Gasteiger partial charge is 0.310 e. The van der Waals surface area contributed by atoms with Gasteiger partial charge in [-0.05, 0) is 74.4 Å². The zero-order chi connectivity index (χ0) is 26.0. The van der Waals surface area contributed by atoms with Gasteiger partial charge in [0.1, 0.15) is 5.75 Å². The summed E-state index contributed by atoms with van der Waals surface area (Å²) in [6, 6.07) is 17.5. The summed E-state index contributed by atoms with van der Waals surface area (Å²) >= 11 is 5.98. The number of methoxy groups -OCH3 is 1. The van der Waals surface area contributed by atoms with Crippen molar-refractivity contribution in [3.63, 3.8) is 0 Å². The maximum absolute atomic E-state index is 13.4. The number of rotatable bonds is 7. The van der Waals surface area contributed by atoms with Crippen molar-refractivity contribution in [3.8, 4) is 5.75 Å². The van der Waals surface area contributed by atoms with E-state index in [0.29, 0.717) is 44.1 Å². The number of aryl methyl sites for hydroxylation is 2. The second-order valence-electron chi connectivity index (χ2n) is 8.67. The molecule has 7 heteroatoms. The lowest BCUT2D eigenvalue weighted by molar-refractivity contribution is -0.141. The van der Waals surface area contributed by atoms with Crippen molar-refractivity contribution >= 4 is 40.2 Å². The molecular weight excluding hydrogens is 478 g/mol. The normalized spacial score (nSPS) is 10.9. The molecule has 0 radical (unpaired) electrons. The van der Waals surface area contributed by atoms with Gasteiger partial charge >= 0.3 is 5.97 Å². The molecule has 0 amide bonds. The number of carbonyl (C=O) groups is 3. The highest BCUT2D eigenvalue weighted by atomic mass is 35.5. The molecule has 0 spiro atoms. The van der Waals surface area contributed by atoms with Crippen LogP contribution in [0.4, 0.5) is 0 Å². The molecule has 0 unspecified atom stereocenters. The highest BCUT2D eigenvalue weighted by molar-refractivity contribution is 6.30. The molecule has 1 heterocycles. The lowest BCUT2D eigenvalue weighted by Crippen LogP contribution is -2.17. The van der Waals surface area contributed by atoms with Gasteiger partial charge in [0.15, 0.2) is 6.61 Å². The van der Waals surface area contributed by atoms with Gasteiger partial charge in [-0.2, -0.15) is 0 Å². The second kappa shape index (κ2) is 10.4. The molecule has 1 aromatic heterocycles. The minimum atomic E-state index is -0.558. The van der Waals surface area contributed by atoms with Crippen LogP contribution >= 0.6 is 11.6 Å². The molecule has 4 aromatic rings. The predicted molar refractivity (Wildman–Crippen MR) is 139 cm³/mol. The van der Waals surface area contributed by atoms with E-state index in [1.165, 1.54) is 0 Å². The lowest BCUT2D eigenvalue weighted by Gasteiger charge is -2.09. The number of aromatic nitrogens is 1. The van der Waals surface area contributed by atoms with E-state index < -0.39 is 5.97 Å². The van der Waals surface area contributed by atoms with E-state index in [9.17, 15) is 14.4 Å². The largest absolute Gasteiger partial charge is 0.497 e. The molecule has 4 rings (SSSR count). The highest BCUT2D eigenvalue weighted by Gasteiger charge is 2.23. The molecule has 0 fully saturated rings. The van der Waals surface area contributed by atoms with Gasteiger partial charge in [0.2, 0.25) is 5.78 Å². The van der Waals surface area contributed by atoms with Crippen LogP contribution in [0.5, 0.6) is 5.75 Å². The third kappa shape index (κ3) is 5.04. The minimum Gasteiger partial charge on any atom is -0.497 e. The summed E-state index contributed by atoms with van der Waals surface area (Å²) in [7, 11) is 1.55. The Hall–Kier alpha value is -3.90. The first-order valence-electron chi connectivity index (χ1n) is 11.4. The van der Waals surface area contributed by atoms with E-state index in [0.717, 1.165) is 11.1 Å². The third-order valence-corrected chi connectivity index (χ3v) is 6.46. The van der Waals surface area contributed by atoms with Crippen molar-refractivity contribution in [1.82, 2.24) is 4.57 Å². The van der Waals surface area contributed by atoms with E-state index in [-0.39, 0.29) is 24.7 Å². The van der Waals surface area contributed by atoms with Gasteiger partial charge in [-0.1, -0.05) is 35.4 Å². The van der Waals surface area contributed by atoms with Gasteiger partial charge < -0.3 is 9.47 Å². The summed E-state index contributed by atoms with van der Waals surface area (Å²) in [5, 5.41) is 1.23. The van der Waals surface area contributed by atoms with Crippen LogP contribution in [-0.2, 0) is 16.0 Å². The fourth-order valence-electron chi connectivity index (χ4n) is 4.34. The fourth-order valence-corrected chi connectivity index (χ4v) is 4.47. The van der Waals surface area contributed by atoms with Crippen LogP contribution < -0.4 is 4.74 Å². The van der Waals surface area contributed by atoms with E-state index in [4.69, 9.17) is 21.1 Å². The van der Waals surface area contributed by atoms with E-state index in [2.05, 4.69) is 0 Å². The number of esters is 1. The number of hydrogen-bond acceptors (Lipinski definition) is 5. The van der Waals surface area contributed by atoms with Crippen molar-refractivity contribution in [2.24, 2.45) is 0 Å². The number of benzene rings is 3. The van der Waals surface area contributed by atoms with Gasteiger partial charge in [0.05, 0.1) is 19.0 Å². The maximum atomic E-state index is 13.4. The average Bonchev–Trinajstić information content (AvgIpc) is 3.12. The first-order chi connectivity index (χ1) is 17.2. The molecule has 36 heavy (non-hydrogen) atoms. The van der Waals surface area contributed by atoms with E-state index >= 15 is 0 Å². The lowest BCUT2D eigenvalue weighted by atomic mass is 10.0. The first-order valence-corrected chi connectivity index (χ1v) is 11.8. The predicted octanol–water partition coefficient (Wildman–Crippen LogP) is 5.89. The summed E-state index contributed by atoms with van der Waals surface area (Å²) in [4.78, 5) is 38.8. The van der Waals surface area contributed by atoms with Gasteiger partial charge in [-0.25, -0.2) is 0 Å². The van der Waals surface area contributed by atoms with Crippen LogP contribution in [0.25, 0.3) is 10.9 Å². The number of nitrogens with zero attached hydrogens (tertiary/aromatic N) is 1. The maximum Gasteiger partial charge on any atom is 0.310 e. The first kappa shape index (κ1) is 25.2. The number of ether oxygens (including phenoxy) is 2. The quantitative estimate of drug-likeness (QED) is 0.232. The molecule has 0 aliphatic heterocycles. The Bertz CT molecular complexity index is 1480. The number of fused-ring (bicyclic) bond motifs is 1. The van der Waals surface area contributed by atoms with Crippen molar-refractivity contribution in [2.75, 3.05) is 13.7 Å². The monoisotopic (exact) mass is 503 g/mol. The summed E-state index contributed by atoms with van der Waals surface area (Å²) < 4.78 is 12.3. The average molecular weight is 504 g/mol. The summed E-state index contributed by atoms with van der Waals surface area (Å²) in [5.41, 5.74) is 4.76. The SMILES string of the molecule is COc1ccc2c(c1)c(CC(=O)OCC(=O)c1ccc(C)cc1C)c(C)n2C(=O)c1ccc(Cl)cc1. The van der Waals surface area contributed by atoms with E-state index in [1.54, 1.807) is 67.1 Å². The zero-order valence-electron chi connectivity index (χ0n) is 20.6. The Labute approximate surface area is 214 Å². The van der Waals surface area contributed by atoms with Gasteiger partial charge in [-0.15, -0.1) is 0 Å². The van der Waals surface area contributed by atoms with Gasteiger partial charge in [0, 0.05) is 27.2 Å². The number of carbonyl (C=O) groups excluding carboxylic acids is 3. The molecule has 3 aromatic carbocycles. The Morgan fingerprint density at radius 2 is 1.64 bits per heavy atom. The molecule has 0 saturated heterocycles. The topological polar surface area (TPSA) is 74.6 Å². The minimum absolute atomic E-state index is 0.101. The van der Waals surface area contributed by atoms with Gasteiger partial charge in [0.25, 0.3) is 5.91 Å². The van der Waals surface area contributed by atoms with Crippen molar-refractivity contribution in [1.29, 1.82) is 0 Å². The molecule has 0 aliphatic rings. The van der Waals surface area contributed by atoms with Crippen LogP contribution in [0.1, 0.15) is 43.1 Å². The Balaban J connectivity index is 1.62. The fraction of sp³-hybridized carbons (Fsp3) is 0.207. The Kier molecular flexibility index (Phi) is 7.27. The number of ketones is 1. The molecule has 0 aliphatic carbocycles. The summed E-state index contributed by atoms with van der Waals surface area (Å²) in [6.45, 7) is 5.23. The van der Waals surface area contributed by atoms with Crippen molar-refractivity contribution < 1.29 is 23.9 Å². The highest BCUT2D eigenvalue weighted by Crippen LogP contribution is 2.31. The van der Waals surface area contributed by atoms with Crippen LogP contribution in [-0.4, -0.2) is 35.9 Å². The number of halogens is 1. The molecular formula is C29H26ClNO5. The zero-order valence-corrected chi connectivity index (χ0v) is 21.3. The second-order valence-corrected chi connectivity index (χ2v) is 9.11. The molecule has 0 bridgehead atoms. The number of Topliss-reactive ketones (excluding diaryl/α,β-unsaturated/α-hetero) is 1. The van der Waals surface area contributed by atoms with E-state index in [1.807, 2.05) is 26.0 Å². The third-order valence-electron chi connectivity index (χ3n) is 6.20.